The lowest BCUT2D eigenvalue weighted by molar-refractivity contribution is 0.402. The molecule has 0 aliphatic carbocycles. The molecule has 0 heterocycles. The van der Waals surface area contributed by atoms with E-state index < -0.39 is 0 Å². The van der Waals surface area contributed by atoms with E-state index in [9.17, 15) is 15.3 Å². The predicted molar refractivity (Wildman–Crippen MR) is 127 cm³/mol. The summed E-state index contributed by atoms with van der Waals surface area (Å²) in [6, 6.07) is 6.11. The number of benzene rings is 2. The molecule has 0 radical (unpaired) electrons. The second kappa shape index (κ2) is 11.9. The highest BCUT2D eigenvalue weighted by Crippen LogP contribution is 2.41. The molecule has 2 aromatic carbocycles. The van der Waals surface area contributed by atoms with Crippen LogP contribution in [0.2, 0.25) is 0 Å². The van der Waals surface area contributed by atoms with Crippen LogP contribution in [0.5, 0.6) is 23.0 Å². The Kier molecular flexibility index (Phi) is 9.61. The predicted octanol–water partition coefficient (Wildman–Crippen LogP) is 4.75. The standard InChI is InChI=1S/C21H31N3O4S2/c1-4-5-6-7-22-14-11-19(18(27)12-20(14)29)28-30-21-13-17(26)16(25)10-15(21)23-8-9-24(2)3/h10-13,22-23,25-27,29H,4-9H2,1-3H3. The van der Waals surface area contributed by atoms with Crippen LogP contribution in [0.4, 0.5) is 11.4 Å². The van der Waals surface area contributed by atoms with Crippen LogP contribution in [-0.4, -0.2) is 53.9 Å². The van der Waals surface area contributed by atoms with Gasteiger partial charge in [0, 0.05) is 42.7 Å². The van der Waals surface area contributed by atoms with Gasteiger partial charge in [0.05, 0.1) is 28.3 Å². The molecule has 0 aromatic heterocycles. The number of anilines is 2. The molecule has 0 saturated carbocycles. The molecule has 2 aromatic rings. The largest absolute Gasteiger partial charge is 0.504 e. The zero-order chi connectivity index (χ0) is 22.1. The molecule has 0 bridgehead atoms. The summed E-state index contributed by atoms with van der Waals surface area (Å²) in [4.78, 5) is 3.24. The van der Waals surface area contributed by atoms with E-state index in [1.165, 1.54) is 18.2 Å². The van der Waals surface area contributed by atoms with E-state index in [4.69, 9.17) is 4.18 Å². The summed E-state index contributed by atoms with van der Waals surface area (Å²) in [5, 5.41) is 36.5. The monoisotopic (exact) mass is 453 g/mol. The fourth-order valence-electron chi connectivity index (χ4n) is 2.63. The zero-order valence-corrected chi connectivity index (χ0v) is 19.3. The lowest BCUT2D eigenvalue weighted by atomic mass is 10.2. The van der Waals surface area contributed by atoms with Crippen molar-refractivity contribution in [3.05, 3.63) is 24.3 Å². The van der Waals surface area contributed by atoms with Crippen molar-refractivity contribution in [3.63, 3.8) is 0 Å². The number of aromatic hydroxyl groups is 3. The SMILES string of the molecule is CCCCCNc1cc(OSc2cc(O)c(O)cc2NCCN(C)C)c(O)cc1S. The van der Waals surface area contributed by atoms with Gasteiger partial charge in [-0.2, -0.15) is 0 Å². The number of rotatable bonds is 12. The minimum absolute atomic E-state index is 0.0308. The second-order valence-electron chi connectivity index (χ2n) is 7.20. The number of nitrogens with one attached hydrogen (secondary N) is 2. The number of thiol groups is 1. The van der Waals surface area contributed by atoms with Gasteiger partial charge in [-0.3, -0.25) is 0 Å². The van der Waals surface area contributed by atoms with Gasteiger partial charge in [0.1, 0.15) is 0 Å². The molecule has 0 saturated heterocycles. The molecule has 0 fully saturated rings. The Morgan fingerprint density at radius 3 is 2.33 bits per heavy atom. The third-order valence-electron chi connectivity index (χ3n) is 4.35. The van der Waals surface area contributed by atoms with Crippen molar-refractivity contribution < 1.29 is 19.5 Å². The molecule has 30 heavy (non-hydrogen) atoms. The molecule has 0 atom stereocenters. The highest BCUT2D eigenvalue weighted by Gasteiger charge is 2.14. The lowest BCUT2D eigenvalue weighted by Crippen LogP contribution is -2.20. The van der Waals surface area contributed by atoms with Crippen molar-refractivity contribution in [1.82, 2.24) is 4.90 Å². The summed E-state index contributed by atoms with van der Waals surface area (Å²) in [5.41, 5.74) is 1.40. The topological polar surface area (TPSA) is 97.2 Å². The molecule has 166 valence electrons. The zero-order valence-electron chi connectivity index (χ0n) is 17.6. The Balaban J connectivity index is 2.12. The van der Waals surface area contributed by atoms with Crippen molar-refractivity contribution in [3.8, 4) is 23.0 Å². The van der Waals surface area contributed by atoms with Gasteiger partial charge in [-0.25, -0.2) is 0 Å². The summed E-state index contributed by atoms with van der Waals surface area (Å²) in [7, 11) is 3.94. The van der Waals surface area contributed by atoms with Crippen LogP contribution in [0.1, 0.15) is 26.2 Å². The van der Waals surface area contributed by atoms with Gasteiger partial charge in [-0.1, -0.05) is 19.8 Å². The molecule has 2 rings (SSSR count). The Morgan fingerprint density at radius 1 is 0.933 bits per heavy atom. The smallest absolute Gasteiger partial charge is 0.181 e. The van der Waals surface area contributed by atoms with Crippen LogP contribution in [0.15, 0.2) is 34.1 Å². The number of likely N-dealkylation sites (N-methyl/N-ethyl adjacent to an activating group) is 1. The number of hydrogen-bond donors (Lipinski definition) is 6. The van der Waals surface area contributed by atoms with Crippen LogP contribution in [-0.2, 0) is 0 Å². The van der Waals surface area contributed by atoms with E-state index >= 15 is 0 Å². The van der Waals surface area contributed by atoms with Crippen molar-refractivity contribution in [1.29, 1.82) is 0 Å². The van der Waals surface area contributed by atoms with E-state index in [1.54, 1.807) is 6.07 Å². The summed E-state index contributed by atoms with van der Waals surface area (Å²) in [5.74, 6) is -0.209. The molecule has 5 N–H and O–H groups in total. The van der Waals surface area contributed by atoms with Crippen molar-refractivity contribution in [2.75, 3.05) is 44.4 Å². The maximum absolute atomic E-state index is 10.2. The van der Waals surface area contributed by atoms with E-state index in [0.717, 1.165) is 50.1 Å². The maximum Gasteiger partial charge on any atom is 0.181 e. The van der Waals surface area contributed by atoms with Gasteiger partial charge in [0.25, 0.3) is 0 Å². The Labute approximate surface area is 188 Å². The number of nitrogens with zero attached hydrogens (tertiary/aromatic N) is 1. The molecule has 0 unspecified atom stereocenters. The van der Waals surface area contributed by atoms with Crippen LogP contribution < -0.4 is 14.8 Å². The minimum atomic E-state index is -0.243. The van der Waals surface area contributed by atoms with Crippen LogP contribution in [0.3, 0.4) is 0 Å². The normalized spacial score (nSPS) is 11.0. The van der Waals surface area contributed by atoms with Crippen molar-refractivity contribution in [2.45, 2.75) is 36.0 Å². The first-order chi connectivity index (χ1) is 14.3. The average Bonchev–Trinajstić information content (AvgIpc) is 2.68. The van der Waals surface area contributed by atoms with Crippen molar-refractivity contribution in [2.24, 2.45) is 0 Å². The van der Waals surface area contributed by atoms with Gasteiger partial charge in [0.2, 0.25) is 0 Å². The molecule has 0 amide bonds. The molecule has 0 aliphatic rings. The maximum atomic E-state index is 10.2. The average molecular weight is 454 g/mol. The van der Waals surface area contributed by atoms with Crippen LogP contribution >= 0.6 is 24.7 Å². The quantitative estimate of drug-likeness (QED) is 0.0901. The van der Waals surface area contributed by atoms with Gasteiger partial charge in [-0.05, 0) is 26.6 Å². The van der Waals surface area contributed by atoms with E-state index in [2.05, 4.69) is 30.2 Å². The first kappa shape index (κ1) is 24.2. The number of phenolic OH excluding ortho intramolecular Hbond substituents is 3. The first-order valence-electron chi connectivity index (χ1n) is 9.90. The summed E-state index contributed by atoms with van der Waals surface area (Å²) in [6.07, 6.45) is 3.32. The highest BCUT2D eigenvalue weighted by atomic mass is 32.2. The first-order valence-corrected chi connectivity index (χ1v) is 11.1. The molecular weight excluding hydrogens is 422 g/mol. The minimum Gasteiger partial charge on any atom is -0.504 e. The van der Waals surface area contributed by atoms with Gasteiger partial charge in [-0.15, -0.1) is 12.6 Å². The van der Waals surface area contributed by atoms with Gasteiger partial charge >= 0.3 is 0 Å². The van der Waals surface area contributed by atoms with Crippen LogP contribution in [0, 0.1) is 0 Å². The fourth-order valence-corrected chi connectivity index (χ4v) is 3.59. The molecule has 0 aliphatic heterocycles. The summed E-state index contributed by atoms with van der Waals surface area (Å²) >= 11 is 5.40. The summed E-state index contributed by atoms with van der Waals surface area (Å²) in [6.45, 7) is 4.41. The fraction of sp³-hybridized carbons (Fsp3) is 0.429. The number of unbranched alkanes of at least 4 members (excludes halogenated alkanes) is 2. The molecule has 7 nitrogen and oxygen atoms in total. The molecule has 9 heteroatoms. The Hall–Kier alpha value is -2.10. The lowest BCUT2D eigenvalue weighted by Gasteiger charge is -2.16. The summed E-state index contributed by atoms with van der Waals surface area (Å²) < 4.78 is 5.76. The van der Waals surface area contributed by atoms with Crippen LogP contribution in [0.25, 0.3) is 0 Å². The number of phenols is 3. The highest BCUT2D eigenvalue weighted by molar-refractivity contribution is 7.95. The number of hydrogen-bond acceptors (Lipinski definition) is 9. The third kappa shape index (κ3) is 7.30. The Bertz CT molecular complexity index is 834. The second-order valence-corrected chi connectivity index (χ2v) is 8.46. The van der Waals surface area contributed by atoms with E-state index in [0.29, 0.717) is 22.0 Å². The Morgan fingerprint density at radius 2 is 1.63 bits per heavy atom. The van der Waals surface area contributed by atoms with E-state index in [-0.39, 0.29) is 23.0 Å². The van der Waals surface area contributed by atoms with Gasteiger partial charge < -0.3 is 35.0 Å². The molecule has 0 spiro atoms. The third-order valence-corrected chi connectivity index (χ3v) is 5.50. The van der Waals surface area contributed by atoms with Gasteiger partial charge in [0.15, 0.2) is 23.0 Å². The molecular formula is C21H31N3O4S2. The van der Waals surface area contributed by atoms with E-state index in [1.807, 2.05) is 19.0 Å². The van der Waals surface area contributed by atoms with Crippen molar-refractivity contribution >= 4 is 36.0 Å².